The first-order chi connectivity index (χ1) is 32.5. The van der Waals surface area contributed by atoms with E-state index in [0.717, 1.165) is 0 Å². The number of guanidine groups is 3. The first kappa shape index (κ1) is 52.5. The van der Waals surface area contributed by atoms with Gasteiger partial charge in [0.2, 0.25) is 35.4 Å². The number of phenolic OH excluding ortho intramolecular Hbond substituents is 2. The second-order valence-corrected chi connectivity index (χ2v) is 16.1. The number of amides is 6. The van der Waals surface area contributed by atoms with Crippen molar-refractivity contribution in [2.45, 2.75) is 94.0 Å². The number of carbonyl (C=O) groups is 6. The van der Waals surface area contributed by atoms with Crippen molar-refractivity contribution in [2.75, 3.05) is 19.6 Å². The first-order valence-corrected chi connectivity index (χ1v) is 22.1. The Bertz CT molecular complexity index is 2250. The molecule has 23 nitrogen and oxygen atoms in total. The smallest absolute Gasteiger partial charge is 0.243 e. The first-order valence-electron chi connectivity index (χ1n) is 22.1. The molecule has 366 valence electrons. The summed E-state index contributed by atoms with van der Waals surface area (Å²) in [4.78, 5) is 98.6. The SMILES string of the molecule is NC(N)=NCCC[C@@H]1NC(=O)[C@H](CCCN=C(N)N)NC(=O)[C@H](Cc2ccccc2)NC(=O)[C@H](CCCN=C(N)N)NC(=O)[C@H](Cc2ccc(O)cc2)NC(=O)[C@H](Cc2ccc(O)cc2)NC1=O. The van der Waals surface area contributed by atoms with E-state index in [0.29, 0.717) is 16.7 Å². The molecule has 1 aliphatic heterocycles. The molecule has 3 aromatic rings. The van der Waals surface area contributed by atoms with Gasteiger partial charge in [-0.15, -0.1) is 0 Å². The number of hydrogen-bond donors (Lipinski definition) is 14. The van der Waals surface area contributed by atoms with E-state index in [9.17, 15) is 39.0 Å². The van der Waals surface area contributed by atoms with E-state index in [1.807, 2.05) is 0 Å². The summed E-state index contributed by atoms with van der Waals surface area (Å²) in [5, 5.41) is 36.5. The van der Waals surface area contributed by atoms with Gasteiger partial charge in [0.1, 0.15) is 47.8 Å². The highest BCUT2D eigenvalue weighted by Gasteiger charge is 2.35. The zero-order chi connectivity index (χ0) is 49.6. The van der Waals surface area contributed by atoms with Gasteiger partial charge in [0, 0.05) is 38.9 Å². The lowest BCUT2D eigenvalue weighted by molar-refractivity contribution is -0.136. The topological polar surface area (TPSA) is 408 Å². The third-order valence-corrected chi connectivity index (χ3v) is 10.7. The Morgan fingerprint density at radius 1 is 0.382 bits per heavy atom. The van der Waals surface area contributed by atoms with E-state index in [1.165, 1.54) is 24.3 Å². The number of nitrogens with two attached hydrogens (primary N) is 6. The molecule has 23 heteroatoms. The zero-order valence-electron chi connectivity index (χ0n) is 37.6. The van der Waals surface area contributed by atoms with Crippen molar-refractivity contribution < 1.29 is 39.0 Å². The number of aliphatic imine (C=N–C) groups is 3. The van der Waals surface area contributed by atoms with Crippen LogP contribution in [0.25, 0.3) is 0 Å². The fourth-order valence-corrected chi connectivity index (χ4v) is 7.16. The van der Waals surface area contributed by atoms with Crippen LogP contribution in [0.15, 0.2) is 93.8 Å². The molecule has 6 atom stereocenters. The quantitative estimate of drug-likeness (QED) is 0.0349. The molecule has 0 bridgehead atoms. The standard InChI is InChI=1S/C45H63N15O8/c46-43(47)52-20-4-9-31-37(63)55-32(10-5-21-53-44(48)49)38(64)59-36(25-28-14-18-30(62)19-15-28)42(68)60-35(24-27-12-16-29(61)17-13-27)41(67)57-33(11-6-22-54-45(50)51)39(65)58-34(40(66)56-31)23-26-7-2-1-3-8-26/h1-3,7-8,12-19,31-36,61-62H,4-6,9-11,20-25H2,(H,55,63)(H,56,66)(H,57,67)(H,58,65)(H,59,64)(H,60,68)(H4,46,47,52)(H4,48,49,53)(H4,50,51,54)/t31-,32-,33-,34-,35-,36-/m0/s1. The fraction of sp³-hybridized carbons (Fsp3) is 0.400. The van der Waals surface area contributed by atoms with E-state index in [1.54, 1.807) is 54.6 Å². The summed E-state index contributed by atoms with van der Waals surface area (Å²) in [7, 11) is 0. The summed E-state index contributed by atoms with van der Waals surface area (Å²) in [6.45, 7) is 0.230. The number of carbonyl (C=O) groups excluding carboxylic acids is 6. The summed E-state index contributed by atoms with van der Waals surface area (Å²) < 4.78 is 0. The maximum Gasteiger partial charge on any atom is 0.243 e. The third-order valence-electron chi connectivity index (χ3n) is 10.7. The second kappa shape index (κ2) is 26.8. The molecular formula is C45H63N15O8. The molecular weight excluding hydrogens is 879 g/mol. The summed E-state index contributed by atoms with van der Waals surface area (Å²) >= 11 is 0. The third kappa shape index (κ3) is 18.4. The minimum Gasteiger partial charge on any atom is -0.508 e. The summed E-state index contributed by atoms with van der Waals surface area (Å²) in [6, 6.07) is 12.5. The zero-order valence-corrected chi connectivity index (χ0v) is 37.6. The number of benzene rings is 3. The summed E-state index contributed by atoms with van der Waals surface area (Å²) in [5.41, 5.74) is 34.9. The summed E-state index contributed by atoms with van der Waals surface area (Å²) in [6.07, 6.45) is 0.112. The molecule has 20 N–H and O–H groups in total. The molecule has 6 amide bonds. The van der Waals surface area contributed by atoms with Gasteiger partial charge in [0.25, 0.3) is 0 Å². The molecule has 0 spiro atoms. The lowest BCUT2D eigenvalue weighted by atomic mass is 10.00. The molecule has 0 saturated carbocycles. The number of hydrogen-bond acceptors (Lipinski definition) is 11. The van der Waals surface area contributed by atoms with E-state index in [-0.39, 0.29) is 107 Å². The molecule has 1 saturated heterocycles. The van der Waals surface area contributed by atoms with Crippen LogP contribution >= 0.6 is 0 Å². The molecule has 4 rings (SSSR count). The Morgan fingerprint density at radius 3 is 0.912 bits per heavy atom. The molecule has 0 radical (unpaired) electrons. The van der Waals surface area contributed by atoms with E-state index < -0.39 is 71.7 Å². The highest BCUT2D eigenvalue weighted by molar-refractivity contribution is 5.98. The van der Waals surface area contributed by atoms with Gasteiger partial charge in [0.15, 0.2) is 17.9 Å². The van der Waals surface area contributed by atoms with Crippen LogP contribution in [0.2, 0.25) is 0 Å². The Hall–Kier alpha value is -8.11. The molecule has 0 aliphatic carbocycles. The van der Waals surface area contributed by atoms with Gasteiger partial charge in [0.05, 0.1) is 0 Å². The van der Waals surface area contributed by atoms with E-state index >= 15 is 0 Å². The molecule has 1 fully saturated rings. The van der Waals surface area contributed by atoms with Gasteiger partial charge in [-0.05, 0) is 79.5 Å². The van der Waals surface area contributed by atoms with Crippen LogP contribution in [0.1, 0.15) is 55.2 Å². The van der Waals surface area contributed by atoms with Crippen LogP contribution in [0.5, 0.6) is 11.5 Å². The van der Waals surface area contributed by atoms with Crippen LogP contribution < -0.4 is 66.3 Å². The Labute approximate surface area is 393 Å². The average Bonchev–Trinajstić information content (AvgIpc) is 3.29. The van der Waals surface area contributed by atoms with Crippen LogP contribution in [0, 0.1) is 0 Å². The van der Waals surface area contributed by atoms with E-state index in [2.05, 4.69) is 46.9 Å². The number of phenols is 2. The predicted molar refractivity (Wildman–Crippen MR) is 255 cm³/mol. The van der Waals surface area contributed by atoms with Crippen molar-refractivity contribution in [2.24, 2.45) is 49.4 Å². The largest absolute Gasteiger partial charge is 0.508 e. The van der Waals surface area contributed by atoms with Crippen LogP contribution in [0.3, 0.4) is 0 Å². The van der Waals surface area contributed by atoms with E-state index in [4.69, 9.17) is 34.4 Å². The van der Waals surface area contributed by atoms with Gasteiger partial charge in [-0.2, -0.15) is 0 Å². The molecule has 3 aromatic carbocycles. The van der Waals surface area contributed by atoms with Gasteiger partial charge in [-0.3, -0.25) is 43.7 Å². The number of rotatable bonds is 18. The average molecular weight is 942 g/mol. The number of aromatic hydroxyl groups is 2. The maximum atomic E-state index is 14.5. The maximum absolute atomic E-state index is 14.5. The van der Waals surface area contributed by atoms with Crippen molar-refractivity contribution in [1.29, 1.82) is 0 Å². The Morgan fingerprint density at radius 2 is 0.632 bits per heavy atom. The van der Waals surface area contributed by atoms with Gasteiger partial charge in [-0.25, -0.2) is 0 Å². The van der Waals surface area contributed by atoms with Crippen LogP contribution in [-0.2, 0) is 48.0 Å². The molecule has 68 heavy (non-hydrogen) atoms. The molecule has 0 unspecified atom stereocenters. The fourth-order valence-electron chi connectivity index (χ4n) is 7.16. The number of nitrogens with zero attached hydrogens (tertiary/aromatic N) is 3. The lowest BCUT2D eigenvalue weighted by Gasteiger charge is -2.29. The van der Waals surface area contributed by atoms with Crippen molar-refractivity contribution in [3.8, 4) is 11.5 Å². The van der Waals surface area contributed by atoms with Gasteiger partial charge >= 0.3 is 0 Å². The highest BCUT2D eigenvalue weighted by atomic mass is 16.3. The molecule has 1 heterocycles. The van der Waals surface area contributed by atoms with Crippen LogP contribution in [0.4, 0.5) is 0 Å². The van der Waals surface area contributed by atoms with Gasteiger partial charge in [-0.1, -0.05) is 54.6 Å². The minimum atomic E-state index is -1.40. The van der Waals surface area contributed by atoms with Crippen molar-refractivity contribution in [3.63, 3.8) is 0 Å². The monoisotopic (exact) mass is 941 g/mol. The molecule has 1 aliphatic rings. The highest BCUT2D eigenvalue weighted by Crippen LogP contribution is 2.16. The second-order valence-electron chi connectivity index (χ2n) is 16.1. The Kier molecular flexibility index (Phi) is 20.7. The molecule has 0 aromatic heterocycles. The van der Waals surface area contributed by atoms with Crippen LogP contribution in [-0.4, -0.2) is 119 Å². The van der Waals surface area contributed by atoms with Gasteiger partial charge < -0.3 is 76.5 Å². The van der Waals surface area contributed by atoms with Crippen molar-refractivity contribution in [3.05, 3.63) is 95.6 Å². The van der Waals surface area contributed by atoms with Crippen molar-refractivity contribution >= 4 is 53.3 Å². The summed E-state index contributed by atoms with van der Waals surface area (Å²) in [5.74, 6) is -5.44. The van der Waals surface area contributed by atoms with Crippen molar-refractivity contribution in [1.82, 2.24) is 31.9 Å². The predicted octanol–water partition coefficient (Wildman–Crippen LogP) is -2.79. The normalized spacial score (nSPS) is 20.6. The Balaban J connectivity index is 1.85. The lowest BCUT2D eigenvalue weighted by Crippen LogP contribution is -2.62. The minimum absolute atomic E-state index is 0.0273. The number of nitrogens with one attached hydrogen (secondary N) is 6.